The van der Waals surface area contributed by atoms with Gasteiger partial charge in [-0.2, -0.15) is 0 Å². The summed E-state index contributed by atoms with van der Waals surface area (Å²) in [7, 11) is 0. The van der Waals surface area contributed by atoms with Gasteiger partial charge in [0.25, 0.3) is 0 Å². The van der Waals surface area contributed by atoms with Crippen LogP contribution in [0.5, 0.6) is 5.75 Å². The molecular weight excluding hydrogens is 318 g/mol. The Morgan fingerprint density at radius 2 is 1.90 bits per heavy atom. The molecule has 3 nitrogen and oxygen atoms in total. The van der Waals surface area contributed by atoms with Crippen LogP contribution in [0.25, 0.3) is 0 Å². The second kappa shape index (κ2) is 6.46. The van der Waals surface area contributed by atoms with Crippen LogP contribution >= 0.6 is 15.9 Å². The summed E-state index contributed by atoms with van der Waals surface area (Å²) in [6.07, 6.45) is 0. The van der Waals surface area contributed by atoms with E-state index in [2.05, 4.69) is 42.0 Å². The van der Waals surface area contributed by atoms with E-state index >= 15 is 0 Å². The van der Waals surface area contributed by atoms with Crippen LogP contribution in [-0.2, 0) is 13.2 Å². The first kappa shape index (κ1) is 15.1. The van der Waals surface area contributed by atoms with Gasteiger partial charge in [-0.3, -0.25) is 0 Å². The number of benzene rings is 1. The molecule has 0 bridgehead atoms. The zero-order valence-electron chi connectivity index (χ0n) is 12.1. The van der Waals surface area contributed by atoms with E-state index in [9.17, 15) is 0 Å². The third-order valence-electron chi connectivity index (χ3n) is 2.69. The number of halogens is 1. The van der Waals surface area contributed by atoms with Crippen LogP contribution in [0.1, 0.15) is 32.3 Å². The summed E-state index contributed by atoms with van der Waals surface area (Å²) in [5, 5.41) is 3.39. The van der Waals surface area contributed by atoms with Crippen LogP contribution in [0.3, 0.4) is 0 Å². The molecule has 20 heavy (non-hydrogen) atoms. The highest BCUT2D eigenvalue weighted by atomic mass is 79.9. The number of ether oxygens (including phenoxy) is 1. The fraction of sp³-hybridized carbons (Fsp3) is 0.375. The molecule has 0 saturated heterocycles. The molecule has 0 saturated carbocycles. The number of hydrogen-bond acceptors (Lipinski definition) is 3. The first-order valence-electron chi connectivity index (χ1n) is 6.63. The Morgan fingerprint density at radius 1 is 1.15 bits per heavy atom. The van der Waals surface area contributed by atoms with E-state index in [4.69, 9.17) is 9.15 Å². The summed E-state index contributed by atoms with van der Waals surface area (Å²) < 4.78 is 12.4. The molecule has 0 atom stereocenters. The third-order valence-corrected chi connectivity index (χ3v) is 3.18. The van der Waals surface area contributed by atoms with Crippen molar-refractivity contribution in [1.29, 1.82) is 0 Å². The standard InChI is InChI=1S/C16H20BrNO2/c1-16(2,3)18-10-14-7-8-15(20-14)11-19-13-6-4-5-12(17)9-13/h4-9,18H,10-11H2,1-3H3. The Bertz CT molecular complexity index is 558. The first-order chi connectivity index (χ1) is 9.42. The average molecular weight is 338 g/mol. The summed E-state index contributed by atoms with van der Waals surface area (Å²) >= 11 is 3.42. The first-order valence-corrected chi connectivity index (χ1v) is 7.43. The second-order valence-electron chi connectivity index (χ2n) is 5.72. The molecule has 0 unspecified atom stereocenters. The van der Waals surface area contributed by atoms with Gasteiger partial charge in [-0.1, -0.05) is 22.0 Å². The normalized spacial score (nSPS) is 11.6. The van der Waals surface area contributed by atoms with E-state index in [1.165, 1.54) is 0 Å². The van der Waals surface area contributed by atoms with Crippen LogP contribution in [0.2, 0.25) is 0 Å². The van der Waals surface area contributed by atoms with Gasteiger partial charge in [0, 0.05) is 10.0 Å². The van der Waals surface area contributed by atoms with Gasteiger partial charge in [-0.05, 0) is 51.1 Å². The van der Waals surface area contributed by atoms with Gasteiger partial charge < -0.3 is 14.5 Å². The van der Waals surface area contributed by atoms with Crippen molar-refractivity contribution >= 4 is 15.9 Å². The monoisotopic (exact) mass is 337 g/mol. The molecule has 2 rings (SSSR count). The molecule has 0 amide bonds. The highest BCUT2D eigenvalue weighted by Gasteiger charge is 2.10. The molecule has 0 aliphatic rings. The van der Waals surface area contributed by atoms with Gasteiger partial charge in [-0.15, -0.1) is 0 Å². The van der Waals surface area contributed by atoms with Gasteiger partial charge in [0.05, 0.1) is 6.54 Å². The molecule has 4 heteroatoms. The lowest BCUT2D eigenvalue weighted by Gasteiger charge is -2.19. The lowest BCUT2D eigenvalue weighted by molar-refractivity contribution is 0.263. The Hall–Kier alpha value is -1.26. The maximum atomic E-state index is 5.73. The van der Waals surface area contributed by atoms with E-state index in [0.29, 0.717) is 6.61 Å². The average Bonchev–Trinajstić information content (AvgIpc) is 2.81. The van der Waals surface area contributed by atoms with Crippen LogP contribution in [-0.4, -0.2) is 5.54 Å². The van der Waals surface area contributed by atoms with Crippen molar-refractivity contribution in [1.82, 2.24) is 5.32 Å². The predicted octanol–water partition coefficient (Wildman–Crippen LogP) is 4.51. The largest absolute Gasteiger partial charge is 0.486 e. The molecule has 1 N–H and O–H groups in total. The van der Waals surface area contributed by atoms with Gasteiger partial charge in [-0.25, -0.2) is 0 Å². The third kappa shape index (κ3) is 5.02. The van der Waals surface area contributed by atoms with E-state index in [1.807, 2.05) is 36.4 Å². The Labute approximate surface area is 128 Å². The van der Waals surface area contributed by atoms with Crippen molar-refractivity contribution in [2.75, 3.05) is 0 Å². The van der Waals surface area contributed by atoms with Crippen molar-refractivity contribution < 1.29 is 9.15 Å². The molecule has 0 spiro atoms. The van der Waals surface area contributed by atoms with Crippen molar-refractivity contribution in [3.63, 3.8) is 0 Å². The van der Waals surface area contributed by atoms with E-state index in [1.54, 1.807) is 0 Å². The lowest BCUT2D eigenvalue weighted by atomic mass is 10.1. The Balaban J connectivity index is 1.87. The Kier molecular flexibility index (Phi) is 4.89. The second-order valence-corrected chi connectivity index (χ2v) is 6.63. The van der Waals surface area contributed by atoms with Crippen molar-refractivity contribution in [2.45, 2.75) is 39.5 Å². The molecule has 108 valence electrons. The van der Waals surface area contributed by atoms with Crippen LogP contribution in [0.4, 0.5) is 0 Å². The zero-order valence-corrected chi connectivity index (χ0v) is 13.7. The van der Waals surface area contributed by atoms with Gasteiger partial charge in [0.1, 0.15) is 23.9 Å². The molecule has 0 aliphatic heterocycles. The van der Waals surface area contributed by atoms with Gasteiger partial charge in [0.2, 0.25) is 0 Å². The maximum absolute atomic E-state index is 5.73. The van der Waals surface area contributed by atoms with E-state index < -0.39 is 0 Å². The minimum absolute atomic E-state index is 0.0831. The van der Waals surface area contributed by atoms with E-state index in [-0.39, 0.29) is 5.54 Å². The van der Waals surface area contributed by atoms with Crippen molar-refractivity contribution in [3.8, 4) is 5.75 Å². The van der Waals surface area contributed by atoms with Crippen LogP contribution < -0.4 is 10.1 Å². The number of rotatable bonds is 5. The predicted molar refractivity (Wildman–Crippen MR) is 83.8 cm³/mol. The summed E-state index contributed by atoms with van der Waals surface area (Å²) in [6, 6.07) is 11.7. The molecule has 0 aliphatic carbocycles. The SMILES string of the molecule is CC(C)(C)NCc1ccc(COc2cccc(Br)c2)o1. The fourth-order valence-electron chi connectivity index (χ4n) is 1.66. The molecule has 2 aromatic rings. The molecular formula is C16H20BrNO2. The number of hydrogen-bond donors (Lipinski definition) is 1. The molecule has 1 aromatic carbocycles. The summed E-state index contributed by atoms with van der Waals surface area (Å²) in [6.45, 7) is 7.56. The van der Waals surface area contributed by atoms with Crippen LogP contribution in [0, 0.1) is 0 Å². The summed E-state index contributed by atoms with van der Waals surface area (Å²) in [5.41, 5.74) is 0.0831. The highest BCUT2D eigenvalue weighted by Crippen LogP contribution is 2.19. The minimum atomic E-state index is 0.0831. The molecule has 1 aromatic heterocycles. The molecule has 1 heterocycles. The summed E-state index contributed by atoms with van der Waals surface area (Å²) in [4.78, 5) is 0. The minimum Gasteiger partial charge on any atom is -0.486 e. The van der Waals surface area contributed by atoms with Gasteiger partial charge >= 0.3 is 0 Å². The van der Waals surface area contributed by atoms with Crippen molar-refractivity contribution in [3.05, 3.63) is 52.4 Å². The lowest BCUT2D eigenvalue weighted by Crippen LogP contribution is -2.34. The maximum Gasteiger partial charge on any atom is 0.146 e. The number of furan rings is 1. The molecule has 0 fully saturated rings. The van der Waals surface area contributed by atoms with E-state index in [0.717, 1.165) is 28.3 Å². The smallest absolute Gasteiger partial charge is 0.146 e. The number of nitrogens with one attached hydrogen (secondary N) is 1. The molecule has 0 radical (unpaired) electrons. The van der Waals surface area contributed by atoms with Crippen LogP contribution in [0.15, 0.2) is 45.3 Å². The fourth-order valence-corrected chi connectivity index (χ4v) is 2.04. The Morgan fingerprint density at radius 3 is 2.60 bits per heavy atom. The summed E-state index contributed by atoms with van der Waals surface area (Å²) in [5.74, 6) is 2.58. The topological polar surface area (TPSA) is 34.4 Å². The quantitative estimate of drug-likeness (QED) is 0.871. The zero-order chi connectivity index (χ0) is 14.6. The highest BCUT2D eigenvalue weighted by molar-refractivity contribution is 9.10. The van der Waals surface area contributed by atoms with Crippen molar-refractivity contribution in [2.24, 2.45) is 0 Å². The van der Waals surface area contributed by atoms with Gasteiger partial charge in [0.15, 0.2) is 0 Å².